The fourth-order valence-corrected chi connectivity index (χ4v) is 4.25. The van der Waals surface area contributed by atoms with E-state index in [0.717, 1.165) is 84.5 Å². The highest BCUT2D eigenvalue weighted by atomic mass is 31.2. The van der Waals surface area contributed by atoms with E-state index >= 15 is 0 Å². The van der Waals surface area contributed by atoms with Gasteiger partial charge in [-0.2, -0.15) is 0 Å². The zero-order valence-electron chi connectivity index (χ0n) is 15.6. The lowest BCUT2D eigenvalue weighted by atomic mass is 10.00. The minimum Gasteiger partial charge on any atom is -0.480 e. The van der Waals surface area contributed by atoms with Crippen LogP contribution < -0.4 is 0 Å². The van der Waals surface area contributed by atoms with Crippen molar-refractivity contribution < 1.29 is 24.2 Å². The number of hydrogen-bond acceptors (Lipinski definition) is 7. The zero-order valence-corrected chi connectivity index (χ0v) is 16.5. The van der Waals surface area contributed by atoms with E-state index < -0.39 is 14.6 Å². The minimum atomic E-state index is -2.27. The first-order valence-corrected chi connectivity index (χ1v) is 10.9. The van der Waals surface area contributed by atoms with Gasteiger partial charge < -0.3 is 29.2 Å². The van der Waals surface area contributed by atoms with E-state index in [1.54, 1.807) is 0 Å². The molecule has 0 aliphatic carbocycles. The van der Waals surface area contributed by atoms with Gasteiger partial charge in [-0.1, -0.05) is 0 Å². The molecule has 2 heterocycles. The second-order valence-corrected chi connectivity index (χ2v) is 8.17. The number of rotatable bonds is 5. The summed E-state index contributed by atoms with van der Waals surface area (Å²) in [5, 5.41) is 9.13. The normalized spacial score (nSPS) is 30.0. The van der Waals surface area contributed by atoms with Crippen LogP contribution in [0.25, 0.3) is 0 Å². The molecule has 0 aromatic rings. The molecule has 0 amide bonds. The molecule has 2 saturated heterocycles. The molecule has 2 aliphatic heterocycles. The summed E-state index contributed by atoms with van der Waals surface area (Å²) >= 11 is 0. The maximum Gasteiger partial charge on any atom is 0.327 e. The van der Waals surface area contributed by atoms with E-state index in [1.165, 1.54) is 0 Å². The quantitative estimate of drug-likeness (QED) is 0.592. The van der Waals surface area contributed by atoms with Crippen molar-refractivity contribution in [2.24, 2.45) is 5.92 Å². The van der Waals surface area contributed by atoms with Crippen LogP contribution in [0.1, 0.15) is 32.1 Å². The summed E-state index contributed by atoms with van der Waals surface area (Å²) in [6, 6.07) is 0. The van der Waals surface area contributed by atoms with Gasteiger partial charge in [0.05, 0.1) is 13.2 Å². The van der Waals surface area contributed by atoms with Gasteiger partial charge in [0.25, 0.3) is 0 Å². The smallest absolute Gasteiger partial charge is 0.327 e. The van der Waals surface area contributed by atoms with Crippen molar-refractivity contribution in [3.63, 3.8) is 0 Å². The fourth-order valence-electron chi connectivity index (χ4n) is 3.90. The van der Waals surface area contributed by atoms with Gasteiger partial charge in [0.15, 0.2) is 0 Å². The van der Waals surface area contributed by atoms with Gasteiger partial charge in [0.1, 0.15) is 0 Å². The molecule has 0 saturated carbocycles. The maximum absolute atomic E-state index is 11.1. The highest BCUT2D eigenvalue weighted by molar-refractivity contribution is 7.39. The number of carboxylic acids is 1. The Morgan fingerprint density at radius 3 is 2.23 bits per heavy atom. The molecule has 26 heavy (non-hydrogen) atoms. The standard InChI is InChI=1S/C17H34N3O5P/c21-17(22)14-20-10-3-8-18-7-2-9-19(12-13-20)6-1-4-16(5-11-18)15-25-26(23)24/h16,23-24H,1-15H2,(H,21,22). The molecule has 2 rings (SSSR count). The Kier molecular flexibility index (Phi) is 10.3. The van der Waals surface area contributed by atoms with E-state index in [4.69, 9.17) is 19.4 Å². The average molecular weight is 391 g/mol. The summed E-state index contributed by atoms with van der Waals surface area (Å²) in [6.45, 7) is 8.17. The van der Waals surface area contributed by atoms with Crippen molar-refractivity contribution in [3.8, 4) is 0 Å². The molecule has 3 unspecified atom stereocenters. The van der Waals surface area contributed by atoms with Crippen molar-refractivity contribution in [1.29, 1.82) is 0 Å². The van der Waals surface area contributed by atoms with Crippen molar-refractivity contribution in [2.45, 2.75) is 32.1 Å². The third-order valence-corrected chi connectivity index (χ3v) is 5.73. The van der Waals surface area contributed by atoms with Gasteiger partial charge >= 0.3 is 14.6 Å². The Bertz CT molecular complexity index is 416. The largest absolute Gasteiger partial charge is 0.480 e. The summed E-state index contributed by atoms with van der Waals surface area (Å²) in [5.74, 6) is -0.395. The second-order valence-electron chi connectivity index (χ2n) is 7.41. The van der Waals surface area contributed by atoms with Crippen molar-refractivity contribution in [3.05, 3.63) is 0 Å². The van der Waals surface area contributed by atoms with Crippen LogP contribution in [-0.4, -0.2) is 101 Å². The molecule has 152 valence electrons. The topological polar surface area (TPSA) is 96.7 Å². The van der Waals surface area contributed by atoms with Crippen LogP contribution in [0.3, 0.4) is 0 Å². The number of aliphatic carboxylic acids is 1. The zero-order chi connectivity index (χ0) is 18.8. The molecule has 0 aromatic heterocycles. The summed E-state index contributed by atoms with van der Waals surface area (Å²) in [7, 11) is -2.27. The van der Waals surface area contributed by atoms with Gasteiger partial charge in [0.2, 0.25) is 0 Å². The molecule has 3 atom stereocenters. The van der Waals surface area contributed by atoms with E-state index in [1.807, 2.05) is 0 Å². The second kappa shape index (κ2) is 12.2. The van der Waals surface area contributed by atoms with Crippen LogP contribution in [-0.2, 0) is 9.32 Å². The summed E-state index contributed by atoms with van der Waals surface area (Å²) in [5.41, 5.74) is 0. The molecule has 0 spiro atoms. The lowest BCUT2D eigenvalue weighted by molar-refractivity contribution is -0.138. The predicted molar refractivity (Wildman–Crippen MR) is 101 cm³/mol. The SMILES string of the molecule is O=C(O)CN1CCCN2CCCN(CCCC(COP(O)O)CC2)CC1. The first kappa shape index (κ1) is 22.0. The number of carbonyl (C=O) groups is 1. The average Bonchev–Trinajstić information content (AvgIpc) is 2.65. The first-order valence-electron chi connectivity index (χ1n) is 9.72. The molecular weight excluding hydrogens is 357 g/mol. The van der Waals surface area contributed by atoms with E-state index in [-0.39, 0.29) is 6.54 Å². The van der Waals surface area contributed by atoms with Crippen LogP contribution in [0.2, 0.25) is 0 Å². The highest BCUT2D eigenvalue weighted by Gasteiger charge is 2.19. The van der Waals surface area contributed by atoms with Crippen LogP contribution >= 0.6 is 8.60 Å². The van der Waals surface area contributed by atoms with Crippen LogP contribution in [0.4, 0.5) is 0 Å². The monoisotopic (exact) mass is 391 g/mol. The van der Waals surface area contributed by atoms with Gasteiger partial charge in [-0.05, 0) is 70.7 Å². The van der Waals surface area contributed by atoms with Crippen LogP contribution in [0.5, 0.6) is 0 Å². The Hall–Kier alpha value is -0.340. The lowest BCUT2D eigenvalue weighted by Crippen LogP contribution is -2.39. The Morgan fingerprint density at radius 1 is 0.885 bits per heavy atom. The lowest BCUT2D eigenvalue weighted by Gasteiger charge is -2.27. The van der Waals surface area contributed by atoms with Gasteiger partial charge in [-0.15, -0.1) is 0 Å². The molecule has 2 fully saturated rings. The fraction of sp³-hybridized carbons (Fsp3) is 0.941. The summed E-state index contributed by atoms with van der Waals surface area (Å²) < 4.78 is 5.09. The van der Waals surface area contributed by atoms with Crippen LogP contribution in [0.15, 0.2) is 0 Å². The number of nitrogens with zero attached hydrogens (tertiary/aromatic N) is 3. The number of carboxylic acid groups (broad SMARTS) is 1. The van der Waals surface area contributed by atoms with Gasteiger partial charge in [0, 0.05) is 19.6 Å². The van der Waals surface area contributed by atoms with Crippen molar-refractivity contribution >= 4 is 14.6 Å². The Morgan fingerprint density at radius 2 is 1.54 bits per heavy atom. The Balaban J connectivity index is 1.97. The van der Waals surface area contributed by atoms with Gasteiger partial charge in [-0.25, -0.2) is 0 Å². The molecule has 2 aliphatic rings. The summed E-state index contributed by atoms with van der Waals surface area (Å²) in [4.78, 5) is 36.2. The predicted octanol–water partition coefficient (Wildman–Crippen LogP) is 0.799. The van der Waals surface area contributed by atoms with E-state index in [9.17, 15) is 4.79 Å². The third-order valence-electron chi connectivity index (χ3n) is 5.35. The molecule has 3 N–H and O–H groups in total. The molecule has 8 nitrogen and oxygen atoms in total. The van der Waals surface area contributed by atoms with E-state index in [0.29, 0.717) is 12.5 Å². The maximum atomic E-state index is 11.1. The molecule has 9 heteroatoms. The number of fused-ring (bicyclic) bond motifs is 4. The molecule has 2 bridgehead atoms. The summed E-state index contributed by atoms with van der Waals surface area (Å²) in [6.07, 6.45) is 5.20. The molecular formula is C17H34N3O5P. The Labute approximate surface area is 157 Å². The first-order chi connectivity index (χ1) is 12.5. The van der Waals surface area contributed by atoms with Gasteiger partial charge in [-0.3, -0.25) is 9.69 Å². The van der Waals surface area contributed by atoms with E-state index in [2.05, 4.69) is 14.7 Å². The molecule has 0 radical (unpaired) electrons. The third kappa shape index (κ3) is 9.04. The number of hydrogen-bond donors (Lipinski definition) is 3. The van der Waals surface area contributed by atoms with Crippen molar-refractivity contribution in [1.82, 2.24) is 14.7 Å². The minimum absolute atomic E-state index is 0.124. The van der Waals surface area contributed by atoms with Crippen LogP contribution in [0, 0.1) is 5.92 Å². The highest BCUT2D eigenvalue weighted by Crippen LogP contribution is 2.27. The molecule has 0 aromatic carbocycles. The van der Waals surface area contributed by atoms with Crippen molar-refractivity contribution in [2.75, 3.05) is 65.5 Å².